The number of methoxy groups -OCH3 is 1. The van der Waals surface area contributed by atoms with Crippen molar-refractivity contribution in [2.75, 3.05) is 17.7 Å². The van der Waals surface area contributed by atoms with E-state index >= 15 is 0 Å². The van der Waals surface area contributed by atoms with Crippen LogP contribution >= 0.6 is 27.3 Å². The van der Waals surface area contributed by atoms with Crippen LogP contribution in [0.25, 0.3) is 21.7 Å². The summed E-state index contributed by atoms with van der Waals surface area (Å²) in [6.45, 7) is 5.41. The number of hydrogen-bond acceptors (Lipinski definition) is 8. The van der Waals surface area contributed by atoms with E-state index in [0.29, 0.717) is 21.7 Å². The molecule has 0 aliphatic rings. The summed E-state index contributed by atoms with van der Waals surface area (Å²) in [5, 5.41) is 16.1. The van der Waals surface area contributed by atoms with Crippen LogP contribution in [0, 0.1) is 0 Å². The maximum absolute atomic E-state index is 12.3. The molecule has 0 fully saturated rings. The standard InChI is InChI=1S/C25H24BrN5O3S/c1-25(2,3)34-24(32)29-20-12-15(10-11-27-20)21-18(13-16(26)14-19(21)33-4)22-30-31-23(35-22)28-17-8-6-5-7-9-17/h5-14H,1-4H3,(H,28,31)(H,27,29,32). The first-order valence-electron chi connectivity index (χ1n) is 10.7. The van der Waals surface area contributed by atoms with Gasteiger partial charge in [-0.1, -0.05) is 45.5 Å². The Kier molecular flexibility index (Phi) is 7.32. The van der Waals surface area contributed by atoms with Gasteiger partial charge in [0.1, 0.15) is 22.2 Å². The first-order valence-corrected chi connectivity index (χ1v) is 12.3. The Morgan fingerprint density at radius 3 is 2.54 bits per heavy atom. The van der Waals surface area contributed by atoms with Gasteiger partial charge in [0.05, 0.1) is 7.11 Å². The highest BCUT2D eigenvalue weighted by Crippen LogP contribution is 2.43. The molecule has 35 heavy (non-hydrogen) atoms. The van der Waals surface area contributed by atoms with Gasteiger partial charge >= 0.3 is 6.09 Å². The van der Waals surface area contributed by atoms with E-state index < -0.39 is 11.7 Å². The zero-order valence-electron chi connectivity index (χ0n) is 19.6. The molecule has 0 unspecified atom stereocenters. The minimum absolute atomic E-state index is 0.358. The van der Waals surface area contributed by atoms with E-state index in [1.165, 1.54) is 11.3 Å². The average Bonchev–Trinajstić information content (AvgIpc) is 3.26. The number of ether oxygens (including phenoxy) is 2. The summed E-state index contributed by atoms with van der Waals surface area (Å²) in [4.78, 5) is 16.5. The normalized spacial score (nSPS) is 11.1. The van der Waals surface area contributed by atoms with Gasteiger partial charge in [0.15, 0.2) is 0 Å². The van der Waals surface area contributed by atoms with E-state index in [9.17, 15) is 4.79 Å². The summed E-state index contributed by atoms with van der Waals surface area (Å²) in [6.07, 6.45) is 1.04. The minimum Gasteiger partial charge on any atom is -0.496 e. The van der Waals surface area contributed by atoms with Gasteiger partial charge in [0.25, 0.3) is 0 Å². The van der Waals surface area contributed by atoms with Crippen LogP contribution in [0.1, 0.15) is 20.8 Å². The molecule has 0 saturated heterocycles. The van der Waals surface area contributed by atoms with Crippen molar-refractivity contribution in [3.05, 3.63) is 65.3 Å². The summed E-state index contributed by atoms with van der Waals surface area (Å²) >= 11 is 4.99. The molecule has 8 nitrogen and oxygen atoms in total. The summed E-state index contributed by atoms with van der Waals surface area (Å²) in [7, 11) is 1.61. The molecule has 2 aromatic heterocycles. The number of carbonyl (C=O) groups is 1. The number of para-hydroxylation sites is 1. The number of carbonyl (C=O) groups excluding carboxylic acids is 1. The van der Waals surface area contributed by atoms with Crippen LogP contribution in [0.5, 0.6) is 5.75 Å². The molecule has 0 aliphatic carbocycles. The molecule has 1 amide bonds. The van der Waals surface area contributed by atoms with E-state index in [-0.39, 0.29) is 0 Å². The second-order valence-electron chi connectivity index (χ2n) is 8.49. The molecule has 4 aromatic rings. The first-order chi connectivity index (χ1) is 16.7. The van der Waals surface area contributed by atoms with Crippen molar-refractivity contribution in [1.82, 2.24) is 15.2 Å². The summed E-state index contributed by atoms with van der Waals surface area (Å²) < 4.78 is 11.9. The monoisotopic (exact) mass is 553 g/mol. The van der Waals surface area contributed by atoms with Crippen LogP contribution in [0.15, 0.2) is 65.3 Å². The van der Waals surface area contributed by atoms with Crippen LogP contribution in [0.2, 0.25) is 0 Å². The highest BCUT2D eigenvalue weighted by atomic mass is 79.9. The second kappa shape index (κ2) is 10.4. The van der Waals surface area contributed by atoms with Gasteiger partial charge in [-0.25, -0.2) is 9.78 Å². The predicted molar refractivity (Wildman–Crippen MR) is 142 cm³/mol. The lowest BCUT2D eigenvalue weighted by atomic mass is 9.99. The Bertz CT molecular complexity index is 1340. The van der Waals surface area contributed by atoms with Crippen molar-refractivity contribution in [3.63, 3.8) is 0 Å². The lowest BCUT2D eigenvalue weighted by molar-refractivity contribution is 0.0635. The molecule has 10 heteroatoms. The number of benzene rings is 2. The zero-order valence-corrected chi connectivity index (χ0v) is 22.0. The maximum atomic E-state index is 12.3. The van der Waals surface area contributed by atoms with Crippen LogP contribution < -0.4 is 15.4 Å². The van der Waals surface area contributed by atoms with Crippen molar-refractivity contribution in [1.29, 1.82) is 0 Å². The fourth-order valence-corrected chi connectivity index (χ4v) is 4.52. The van der Waals surface area contributed by atoms with E-state index in [0.717, 1.165) is 26.9 Å². The Labute approximate surface area is 215 Å². The number of aromatic nitrogens is 3. The summed E-state index contributed by atoms with van der Waals surface area (Å²) in [6, 6.07) is 17.2. The van der Waals surface area contributed by atoms with Gasteiger partial charge < -0.3 is 14.8 Å². The van der Waals surface area contributed by atoms with Gasteiger partial charge in [0.2, 0.25) is 5.13 Å². The third kappa shape index (κ3) is 6.34. The SMILES string of the molecule is COc1cc(Br)cc(-c2nnc(Nc3ccccc3)s2)c1-c1ccnc(NC(=O)OC(C)(C)C)c1. The molecule has 2 N–H and O–H groups in total. The van der Waals surface area contributed by atoms with Crippen LogP contribution in [-0.4, -0.2) is 34.0 Å². The van der Waals surface area contributed by atoms with Gasteiger partial charge in [-0.15, -0.1) is 10.2 Å². The largest absolute Gasteiger partial charge is 0.496 e. The third-order valence-electron chi connectivity index (χ3n) is 4.64. The molecule has 180 valence electrons. The highest BCUT2D eigenvalue weighted by molar-refractivity contribution is 9.10. The molecule has 2 heterocycles. The minimum atomic E-state index is -0.618. The predicted octanol–water partition coefficient (Wildman–Crippen LogP) is 7.13. The Hall–Kier alpha value is -3.50. The number of nitrogens with one attached hydrogen (secondary N) is 2. The average molecular weight is 554 g/mol. The first kappa shape index (κ1) is 24.6. The Balaban J connectivity index is 1.71. The van der Waals surface area contributed by atoms with Crippen molar-refractivity contribution < 1.29 is 14.3 Å². The number of hydrogen-bond donors (Lipinski definition) is 2. The smallest absolute Gasteiger partial charge is 0.413 e. The van der Waals surface area contributed by atoms with Crippen LogP contribution in [-0.2, 0) is 4.74 Å². The molecule has 2 aromatic carbocycles. The summed E-state index contributed by atoms with van der Waals surface area (Å²) in [5.41, 5.74) is 2.72. The van der Waals surface area contributed by atoms with Gasteiger partial charge in [-0.3, -0.25) is 5.32 Å². The zero-order chi connectivity index (χ0) is 25.0. The van der Waals surface area contributed by atoms with Gasteiger partial charge in [-0.2, -0.15) is 0 Å². The van der Waals surface area contributed by atoms with Crippen molar-refractivity contribution in [2.45, 2.75) is 26.4 Å². The van der Waals surface area contributed by atoms with E-state index in [1.807, 2.05) is 48.5 Å². The molecule has 0 bridgehead atoms. The molecule has 4 rings (SSSR count). The molecular weight excluding hydrogens is 530 g/mol. The molecule has 0 saturated carbocycles. The van der Waals surface area contributed by atoms with Crippen molar-refractivity contribution in [3.8, 4) is 27.4 Å². The number of anilines is 3. The molecule has 0 aliphatic heterocycles. The molecular formula is C25H24BrN5O3S. The quantitative estimate of drug-likeness (QED) is 0.262. The number of halogens is 1. The lowest BCUT2D eigenvalue weighted by Crippen LogP contribution is -2.27. The lowest BCUT2D eigenvalue weighted by Gasteiger charge is -2.19. The van der Waals surface area contributed by atoms with Crippen LogP contribution in [0.4, 0.5) is 21.4 Å². The van der Waals surface area contributed by atoms with E-state index in [4.69, 9.17) is 9.47 Å². The fraction of sp³-hybridized carbons (Fsp3) is 0.200. The van der Waals surface area contributed by atoms with Gasteiger partial charge in [-0.05, 0) is 62.7 Å². The van der Waals surface area contributed by atoms with Crippen molar-refractivity contribution >= 4 is 50.0 Å². The number of rotatable bonds is 6. The highest BCUT2D eigenvalue weighted by Gasteiger charge is 2.20. The Morgan fingerprint density at radius 1 is 1.06 bits per heavy atom. The van der Waals surface area contributed by atoms with E-state index in [2.05, 4.69) is 41.7 Å². The maximum Gasteiger partial charge on any atom is 0.413 e. The molecule has 0 atom stereocenters. The molecule has 0 spiro atoms. The second-order valence-corrected chi connectivity index (χ2v) is 10.4. The van der Waals surface area contributed by atoms with Gasteiger partial charge in [0, 0.05) is 27.5 Å². The van der Waals surface area contributed by atoms with Crippen LogP contribution in [0.3, 0.4) is 0 Å². The molecule has 0 radical (unpaired) electrons. The topological polar surface area (TPSA) is 98.3 Å². The van der Waals surface area contributed by atoms with E-state index in [1.54, 1.807) is 40.1 Å². The number of amides is 1. The third-order valence-corrected chi connectivity index (χ3v) is 5.97. The summed E-state index contributed by atoms with van der Waals surface area (Å²) in [5.74, 6) is 0.993. The number of nitrogens with zero attached hydrogens (tertiary/aromatic N) is 3. The Morgan fingerprint density at radius 2 is 1.83 bits per heavy atom. The fourth-order valence-electron chi connectivity index (χ4n) is 3.30. The van der Waals surface area contributed by atoms with Crippen molar-refractivity contribution in [2.24, 2.45) is 0 Å². The number of pyridine rings is 1.